The van der Waals surface area contributed by atoms with E-state index in [1.165, 1.54) is 18.4 Å². The maximum atomic E-state index is 14.5. The van der Waals surface area contributed by atoms with Gasteiger partial charge in [0.25, 0.3) is 0 Å². The van der Waals surface area contributed by atoms with Crippen molar-refractivity contribution in [3.05, 3.63) is 82.4 Å². The van der Waals surface area contributed by atoms with Crippen LogP contribution in [0.5, 0.6) is 0 Å². The molecule has 0 N–H and O–H groups in total. The minimum atomic E-state index is -0.496. The van der Waals surface area contributed by atoms with Crippen LogP contribution in [-0.4, -0.2) is 27.9 Å². The van der Waals surface area contributed by atoms with Gasteiger partial charge < -0.3 is 4.90 Å². The van der Waals surface area contributed by atoms with Crippen LogP contribution in [0.3, 0.4) is 0 Å². The first-order valence-corrected chi connectivity index (χ1v) is 15.2. The molecule has 1 aliphatic heterocycles. The van der Waals surface area contributed by atoms with Gasteiger partial charge >= 0.3 is 0 Å². The molecule has 4 atom stereocenters. The molecule has 2 aromatic carbocycles. The molecule has 1 saturated heterocycles. The second-order valence-electron chi connectivity index (χ2n) is 10.8. The van der Waals surface area contributed by atoms with E-state index in [0.29, 0.717) is 22.6 Å². The average Bonchev–Trinajstić information content (AvgIpc) is 3.70. The van der Waals surface area contributed by atoms with Crippen molar-refractivity contribution < 1.29 is 4.79 Å². The van der Waals surface area contributed by atoms with Crippen LogP contribution in [0.1, 0.15) is 82.4 Å². The molecule has 0 spiro atoms. The molecule has 3 unspecified atom stereocenters. The summed E-state index contributed by atoms with van der Waals surface area (Å²) in [6.07, 6.45) is 8.07. The fraction of sp³-hybridized carbons (Fsp3) is 0.516. The van der Waals surface area contributed by atoms with E-state index in [4.69, 9.17) is 23.2 Å². The van der Waals surface area contributed by atoms with E-state index in [9.17, 15) is 4.79 Å². The Balaban J connectivity index is 1.84. The highest BCUT2D eigenvalue weighted by atomic mass is 35.5. The highest BCUT2D eigenvalue weighted by molar-refractivity contribution is 7.99. The Hall–Kier alpha value is -1.42. The predicted octanol–water partition coefficient (Wildman–Crippen LogP) is 9.33. The Bertz CT molecular complexity index is 1050. The number of nitrogens with zero attached hydrogens (tertiary/aromatic N) is 1. The number of halogens is 2. The number of allylic oxidation sites excluding steroid dienone is 1. The van der Waals surface area contributed by atoms with Crippen molar-refractivity contribution in [3.63, 3.8) is 0 Å². The largest absolute Gasteiger partial charge is 0.330 e. The molecule has 1 saturated carbocycles. The van der Waals surface area contributed by atoms with Crippen molar-refractivity contribution in [1.29, 1.82) is 0 Å². The van der Waals surface area contributed by atoms with Crippen LogP contribution in [-0.2, 0) is 4.79 Å². The number of piperidine rings is 1. The monoisotopic (exact) mass is 543 g/mol. The minimum absolute atomic E-state index is 0.0565. The lowest BCUT2D eigenvalue weighted by Crippen LogP contribution is -2.57. The van der Waals surface area contributed by atoms with Gasteiger partial charge in [0.15, 0.2) is 0 Å². The molecule has 1 heterocycles. The lowest BCUT2D eigenvalue weighted by Gasteiger charge is -2.52. The fourth-order valence-electron chi connectivity index (χ4n) is 5.94. The SMILES string of the molecule is C=CCC1(C)CC(c2cccc(Cl)c2)C(c2ccc(Cl)cc2)N([C@H](CSC(CC)CC)C2CC2)C1=O. The normalized spacial score (nSPS) is 25.3. The molecule has 0 radical (unpaired) electrons. The Kier molecular flexibility index (Phi) is 9.18. The molecule has 0 bridgehead atoms. The third kappa shape index (κ3) is 6.00. The molecule has 1 amide bonds. The van der Waals surface area contributed by atoms with Gasteiger partial charge in [0.05, 0.1) is 11.5 Å². The first kappa shape index (κ1) is 27.6. The summed E-state index contributed by atoms with van der Waals surface area (Å²) in [6.45, 7) is 10.7. The van der Waals surface area contributed by atoms with E-state index in [-0.39, 0.29) is 23.9 Å². The molecule has 0 aromatic heterocycles. The van der Waals surface area contributed by atoms with Crippen LogP contribution in [0.4, 0.5) is 0 Å². The highest BCUT2D eigenvalue weighted by Gasteiger charge is 2.53. The zero-order valence-electron chi connectivity index (χ0n) is 21.8. The van der Waals surface area contributed by atoms with E-state index >= 15 is 0 Å². The summed E-state index contributed by atoms with van der Waals surface area (Å²) in [5.41, 5.74) is 1.85. The molecule has 4 rings (SSSR count). The number of hydrogen-bond acceptors (Lipinski definition) is 2. The molecule has 194 valence electrons. The standard InChI is InChI=1S/C31H39Cl2NOS/c1-5-17-31(4)19-27(23-9-8-10-25(33)18-23)29(22-13-15-24(32)16-14-22)34(30(31)35)28(21-11-12-21)20-36-26(6-2)7-3/h5,8-10,13-16,18,21,26-29H,1,6-7,11-12,17,19-20H2,2-4H3/t27?,28-,29?,31?/m1/s1. The lowest BCUT2D eigenvalue weighted by atomic mass is 9.67. The van der Waals surface area contributed by atoms with Crippen LogP contribution in [0.2, 0.25) is 10.0 Å². The van der Waals surface area contributed by atoms with E-state index in [2.05, 4.69) is 68.3 Å². The second-order valence-corrected chi connectivity index (χ2v) is 13.0. The number of hydrogen-bond donors (Lipinski definition) is 0. The van der Waals surface area contributed by atoms with Gasteiger partial charge in [0.2, 0.25) is 5.91 Å². The smallest absolute Gasteiger partial charge is 0.229 e. The molecule has 36 heavy (non-hydrogen) atoms. The summed E-state index contributed by atoms with van der Waals surface area (Å²) in [7, 11) is 0. The predicted molar refractivity (Wildman–Crippen MR) is 156 cm³/mol. The molecular weight excluding hydrogens is 505 g/mol. The average molecular weight is 545 g/mol. The summed E-state index contributed by atoms with van der Waals surface area (Å²) >= 11 is 14.9. The van der Waals surface area contributed by atoms with Crippen molar-refractivity contribution in [2.24, 2.45) is 11.3 Å². The van der Waals surface area contributed by atoms with E-state index < -0.39 is 5.41 Å². The number of rotatable bonds is 11. The van der Waals surface area contributed by atoms with Gasteiger partial charge in [0.1, 0.15) is 0 Å². The highest BCUT2D eigenvalue weighted by Crippen LogP contribution is 2.54. The Morgan fingerprint density at radius 2 is 1.78 bits per heavy atom. The van der Waals surface area contributed by atoms with Crippen molar-refractivity contribution in [3.8, 4) is 0 Å². The van der Waals surface area contributed by atoms with Crippen molar-refractivity contribution >= 4 is 40.9 Å². The summed E-state index contributed by atoms with van der Waals surface area (Å²) in [5.74, 6) is 1.95. The first-order valence-electron chi connectivity index (χ1n) is 13.4. The summed E-state index contributed by atoms with van der Waals surface area (Å²) in [5, 5.41) is 2.08. The molecular formula is C31H39Cl2NOS. The van der Waals surface area contributed by atoms with Crippen molar-refractivity contribution in [2.45, 2.75) is 82.5 Å². The number of thioether (sulfide) groups is 1. The van der Waals surface area contributed by atoms with Crippen molar-refractivity contribution in [2.75, 3.05) is 5.75 Å². The summed E-state index contributed by atoms with van der Waals surface area (Å²) in [4.78, 5) is 16.8. The zero-order valence-corrected chi connectivity index (χ0v) is 24.1. The number of carbonyl (C=O) groups is 1. The van der Waals surface area contributed by atoms with E-state index in [0.717, 1.165) is 35.6 Å². The molecule has 2 aromatic rings. The van der Waals surface area contributed by atoms with E-state index in [1.54, 1.807) is 0 Å². The van der Waals surface area contributed by atoms with Crippen LogP contribution in [0.15, 0.2) is 61.2 Å². The Labute approximate surface area is 231 Å². The van der Waals surface area contributed by atoms with E-state index in [1.807, 2.05) is 30.3 Å². The Morgan fingerprint density at radius 1 is 1.08 bits per heavy atom. The van der Waals surface area contributed by atoms with Gasteiger partial charge in [-0.3, -0.25) is 4.79 Å². The molecule has 2 nitrogen and oxygen atoms in total. The third-order valence-electron chi connectivity index (χ3n) is 8.12. The number of amides is 1. The van der Waals surface area contributed by atoms with Gasteiger partial charge in [-0.2, -0.15) is 11.8 Å². The number of carbonyl (C=O) groups excluding carboxylic acids is 1. The van der Waals surface area contributed by atoms with Crippen LogP contribution in [0.25, 0.3) is 0 Å². The summed E-state index contributed by atoms with van der Waals surface area (Å²) in [6, 6.07) is 16.5. The van der Waals surface area contributed by atoms with Crippen LogP contribution in [0, 0.1) is 11.3 Å². The lowest BCUT2D eigenvalue weighted by molar-refractivity contribution is -0.154. The molecule has 1 aliphatic carbocycles. The maximum Gasteiger partial charge on any atom is 0.229 e. The molecule has 2 fully saturated rings. The van der Waals surface area contributed by atoms with Gasteiger partial charge in [-0.25, -0.2) is 0 Å². The third-order valence-corrected chi connectivity index (χ3v) is 10.3. The van der Waals surface area contributed by atoms with Gasteiger partial charge in [-0.05, 0) is 79.8 Å². The first-order chi connectivity index (χ1) is 17.3. The zero-order chi connectivity index (χ0) is 25.9. The van der Waals surface area contributed by atoms with Crippen LogP contribution < -0.4 is 0 Å². The second kappa shape index (κ2) is 12.0. The number of likely N-dealkylation sites (tertiary alicyclic amines) is 1. The fourth-order valence-corrected chi connectivity index (χ4v) is 7.63. The Morgan fingerprint density at radius 3 is 2.36 bits per heavy atom. The quantitative estimate of drug-likeness (QED) is 0.263. The van der Waals surface area contributed by atoms with Crippen LogP contribution >= 0.6 is 35.0 Å². The van der Waals surface area contributed by atoms with Gasteiger partial charge in [-0.15, -0.1) is 6.58 Å². The topological polar surface area (TPSA) is 20.3 Å². The van der Waals surface area contributed by atoms with Gasteiger partial charge in [0, 0.05) is 33.0 Å². The number of benzene rings is 2. The van der Waals surface area contributed by atoms with Gasteiger partial charge in [-0.1, -0.05) is 74.3 Å². The van der Waals surface area contributed by atoms with Crippen molar-refractivity contribution in [1.82, 2.24) is 4.90 Å². The summed E-state index contributed by atoms with van der Waals surface area (Å²) < 4.78 is 0. The minimum Gasteiger partial charge on any atom is -0.330 e. The molecule has 2 aliphatic rings. The molecule has 5 heteroatoms. The maximum absolute atomic E-state index is 14.5.